The van der Waals surface area contributed by atoms with Gasteiger partial charge in [-0.25, -0.2) is 5.10 Å². The first-order valence-electron chi connectivity index (χ1n) is 8.15. The van der Waals surface area contributed by atoms with Crippen LogP contribution in [0.1, 0.15) is 11.1 Å². The zero-order valence-electron chi connectivity index (χ0n) is 14.8. The standard InChI is InChI=1S/C19H16Cl2N4O3/c1-27-16-8-4-6-12(9-22-24-15-10-23-25-19(26)17(15)21)18(16)28-11-13-5-2-3-7-14(13)20/h2-10H,11H2,1H3,(H2,24,25,26)/b22-9+. The zero-order valence-corrected chi connectivity index (χ0v) is 16.3. The van der Waals surface area contributed by atoms with Crippen molar-refractivity contribution in [2.24, 2.45) is 5.10 Å². The highest BCUT2D eigenvalue weighted by Crippen LogP contribution is 2.31. The van der Waals surface area contributed by atoms with Gasteiger partial charge in [0.15, 0.2) is 11.5 Å². The summed E-state index contributed by atoms with van der Waals surface area (Å²) in [6.45, 7) is 0.262. The molecule has 1 aromatic heterocycles. The fraction of sp³-hybridized carbons (Fsp3) is 0.105. The van der Waals surface area contributed by atoms with Crippen LogP contribution in [-0.2, 0) is 6.61 Å². The van der Waals surface area contributed by atoms with Crippen LogP contribution < -0.4 is 20.5 Å². The number of benzene rings is 2. The molecular formula is C19H16Cl2N4O3. The topological polar surface area (TPSA) is 88.6 Å². The van der Waals surface area contributed by atoms with Gasteiger partial charge in [0.2, 0.25) is 0 Å². The third-order valence-electron chi connectivity index (χ3n) is 3.74. The number of nitrogens with zero attached hydrogens (tertiary/aromatic N) is 2. The predicted molar refractivity (Wildman–Crippen MR) is 110 cm³/mol. The summed E-state index contributed by atoms with van der Waals surface area (Å²) in [7, 11) is 1.55. The Balaban J connectivity index is 1.81. The Morgan fingerprint density at radius 2 is 2.04 bits per heavy atom. The Bertz CT molecular complexity index is 1050. The van der Waals surface area contributed by atoms with Gasteiger partial charge in [-0.2, -0.15) is 10.2 Å². The van der Waals surface area contributed by atoms with Crippen molar-refractivity contribution in [3.8, 4) is 11.5 Å². The number of H-pyrrole nitrogens is 1. The highest BCUT2D eigenvalue weighted by Gasteiger charge is 2.11. The van der Waals surface area contributed by atoms with Crippen molar-refractivity contribution in [3.63, 3.8) is 0 Å². The molecule has 0 aliphatic heterocycles. The number of nitrogens with one attached hydrogen (secondary N) is 2. The lowest BCUT2D eigenvalue weighted by Crippen LogP contribution is -2.10. The van der Waals surface area contributed by atoms with Crippen LogP contribution in [0.5, 0.6) is 11.5 Å². The van der Waals surface area contributed by atoms with Gasteiger partial charge in [0.1, 0.15) is 17.3 Å². The van der Waals surface area contributed by atoms with E-state index in [0.717, 1.165) is 5.56 Å². The van der Waals surface area contributed by atoms with Crippen LogP contribution in [0, 0.1) is 0 Å². The molecule has 1 heterocycles. The number of aromatic nitrogens is 2. The molecule has 0 unspecified atom stereocenters. The summed E-state index contributed by atoms with van der Waals surface area (Å²) in [6.07, 6.45) is 2.89. The predicted octanol–water partition coefficient (Wildman–Crippen LogP) is 4.11. The number of rotatable bonds is 7. The van der Waals surface area contributed by atoms with E-state index < -0.39 is 5.56 Å². The van der Waals surface area contributed by atoms with Gasteiger partial charge in [0.05, 0.1) is 19.5 Å². The zero-order chi connectivity index (χ0) is 19.9. The van der Waals surface area contributed by atoms with Crippen LogP contribution in [0.4, 0.5) is 5.69 Å². The number of aromatic amines is 1. The summed E-state index contributed by atoms with van der Waals surface area (Å²) in [5.74, 6) is 1.05. The van der Waals surface area contributed by atoms with Gasteiger partial charge in [0, 0.05) is 16.1 Å². The lowest BCUT2D eigenvalue weighted by Gasteiger charge is -2.14. The van der Waals surface area contributed by atoms with Gasteiger partial charge in [-0.15, -0.1) is 0 Å². The molecule has 28 heavy (non-hydrogen) atoms. The normalized spacial score (nSPS) is 10.8. The molecule has 144 valence electrons. The number of hydrogen-bond donors (Lipinski definition) is 2. The largest absolute Gasteiger partial charge is 0.493 e. The average Bonchev–Trinajstić information content (AvgIpc) is 2.71. The van der Waals surface area contributed by atoms with Crippen LogP contribution in [0.25, 0.3) is 0 Å². The van der Waals surface area contributed by atoms with E-state index in [4.69, 9.17) is 32.7 Å². The molecule has 2 aromatic carbocycles. The van der Waals surface area contributed by atoms with Crippen LogP contribution >= 0.6 is 23.2 Å². The summed E-state index contributed by atoms with van der Waals surface area (Å²) in [5.41, 5.74) is 3.97. The molecule has 0 radical (unpaired) electrons. The molecule has 3 rings (SSSR count). The molecule has 0 aliphatic carbocycles. The molecule has 0 fully saturated rings. The molecule has 9 heteroatoms. The lowest BCUT2D eigenvalue weighted by atomic mass is 10.2. The van der Waals surface area contributed by atoms with E-state index in [2.05, 4.69) is 20.7 Å². The second-order valence-electron chi connectivity index (χ2n) is 5.56. The first-order chi connectivity index (χ1) is 13.6. The van der Waals surface area contributed by atoms with Gasteiger partial charge in [-0.3, -0.25) is 10.2 Å². The van der Waals surface area contributed by atoms with Crippen molar-refractivity contribution in [2.45, 2.75) is 6.61 Å². The monoisotopic (exact) mass is 418 g/mol. The van der Waals surface area contributed by atoms with E-state index >= 15 is 0 Å². The third kappa shape index (κ3) is 4.62. The van der Waals surface area contributed by atoms with Crippen molar-refractivity contribution in [3.05, 3.63) is 80.2 Å². The number of methoxy groups -OCH3 is 1. The second kappa shape index (κ2) is 9.25. The lowest BCUT2D eigenvalue weighted by molar-refractivity contribution is 0.284. The summed E-state index contributed by atoms with van der Waals surface area (Å²) >= 11 is 12.1. The summed E-state index contributed by atoms with van der Waals surface area (Å²) in [5, 5.41) is 10.6. The SMILES string of the molecule is COc1cccc(/C=N/Nc2cn[nH]c(=O)c2Cl)c1OCc1ccccc1Cl. The summed E-state index contributed by atoms with van der Waals surface area (Å²) < 4.78 is 11.3. The van der Waals surface area contributed by atoms with Crippen molar-refractivity contribution in [1.29, 1.82) is 0 Å². The molecular weight excluding hydrogens is 403 g/mol. The van der Waals surface area contributed by atoms with E-state index in [1.807, 2.05) is 30.3 Å². The van der Waals surface area contributed by atoms with Crippen LogP contribution in [0.2, 0.25) is 10.0 Å². The van der Waals surface area contributed by atoms with E-state index in [-0.39, 0.29) is 17.3 Å². The Labute approximate surface area is 170 Å². The first-order valence-corrected chi connectivity index (χ1v) is 8.91. The molecule has 0 saturated carbocycles. The van der Waals surface area contributed by atoms with Crippen molar-refractivity contribution < 1.29 is 9.47 Å². The number of ether oxygens (including phenoxy) is 2. The Morgan fingerprint density at radius 1 is 1.21 bits per heavy atom. The highest BCUT2D eigenvalue weighted by molar-refractivity contribution is 6.33. The third-order valence-corrected chi connectivity index (χ3v) is 4.49. The van der Waals surface area contributed by atoms with Crippen LogP contribution in [-0.4, -0.2) is 23.5 Å². The van der Waals surface area contributed by atoms with E-state index in [1.165, 1.54) is 12.4 Å². The van der Waals surface area contributed by atoms with Gasteiger partial charge in [-0.05, 0) is 18.2 Å². The minimum Gasteiger partial charge on any atom is -0.493 e. The number of para-hydroxylation sites is 1. The fourth-order valence-corrected chi connectivity index (χ4v) is 2.67. The van der Waals surface area contributed by atoms with Crippen LogP contribution in [0.15, 0.2) is 58.6 Å². The minimum absolute atomic E-state index is 0.0343. The molecule has 0 bridgehead atoms. The molecule has 7 nitrogen and oxygen atoms in total. The molecule has 0 saturated heterocycles. The van der Waals surface area contributed by atoms with Gasteiger partial charge in [0.25, 0.3) is 5.56 Å². The maximum atomic E-state index is 11.5. The fourth-order valence-electron chi connectivity index (χ4n) is 2.35. The van der Waals surface area contributed by atoms with E-state index in [0.29, 0.717) is 22.1 Å². The molecule has 0 spiro atoms. The average molecular weight is 419 g/mol. The van der Waals surface area contributed by atoms with Gasteiger partial charge >= 0.3 is 0 Å². The minimum atomic E-state index is -0.507. The smallest absolute Gasteiger partial charge is 0.285 e. The number of hydrogen-bond acceptors (Lipinski definition) is 6. The second-order valence-corrected chi connectivity index (χ2v) is 6.34. The van der Waals surface area contributed by atoms with E-state index in [1.54, 1.807) is 19.2 Å². The maximum absolute atomic E-state index is 11.5. The van der Waals surface area contributed by atoms with Crippen molar-refractivity contribution in [1.82, 2.24) is 10.2 Å². The van der Waals surface area contributed by atoms with Crippen LogP contribution in [0.3, 0.4) is 0 Å². The maximum Gasteiger partial charge on any atom is 0.285 e. The molecule has 3 aromatic rings. The Hall–Kier alpha value is -3.03. The number of halogens is 2. The Kier molecular flexibility index (Phi) is 6.52. The number of hydrazone groups is 1. The van der Waals surface area contributed by atoms with Gasteiger partial charge < -0.3 is 9.47 Å². The van der Waals surface area contributed by atoms with Crippen molar-refractivity contribution in [2.75, 3.05) is 12.5 Å². The van der Waals surface area contributed by atoms with Gasteiger partial charge in [-0.1, -0.05) is 47.5 Å². The quantitative estimate of drug-likeness (QED) is 0.445. The Morgan fingerprint density at radius 3 is 2.82 bits per heavy atom. The molecule has 0 aliphatic rings. The summed E-state index contributed by atoms with van der Waals surface area (Å²) in [6, 6.07) is 12.8. The summed E-state index contributed by atoms with van der Waals surface area (Å²) in [4.78, 5) is 11.5. The number of anilines is 1. The molecule has 0 atom stereocenters. The molecule has 2 N–H and O–H groups in total. The van der Waals surface area contributed by atoms with Crippen molar-refractivity contribution >= 4 is 35.1 Å². The highest BCUT2D eigenvalue weighted by atomic mass is 35.5. The van der Waals surface area contributed by atoms with E-state index in [9.17, 15) is 4.79 Å². The molecule has 0 amide bonds. The first kappa shape index (κ1) is 19.7.